The first-order chi connectivity index (χ1) is 5.07. The molecule has 0 amide bonds. The van der Waals surface area contributed by atoms with Gasteiger partial charge in [-0.25, -0.2) is 0 Å². The van der Waals surface area contributed by atoms with Crippen molar-refractivity contribution in [1.29, 1.82) is 0 Å². The fraction of sp³-hybridized carbons (Fsp3) is 0.667. The second-order valence-corrected chi connectivity index (χ2v) is 3.36. The standard InChI is InChI=1S/C6H10O4S/c1-2-11-4(6(9)10)3-5(7)8/h4H,2-3H2,1H3,(H,7,8)(H,9,10). The summed E-state index contributed by atoms with van der Waals surface area (Å²) in [6.45, 7) is 1.79. The molecular formula is C6H10O4S. The normalized spacial score (nSPS) is 12.5. The Morgan fingerprint density at radius 3 is 2.27 bits per heavy atom. The van der Waals surface area contributed by atoms with Crippen LogP contribution < -0.4 is 0 Å². The van der Waals surface area contributed by atoms with E-state index in [9.17, 15) is 9.59 Å². The van der Waals surface area contributed by atoms with Gasteiger partial charge in [0.1, 0.15) is 5.25 Å². The van der Waals surface area contributed by atoms with Crippen LogP contribution in [0.3, 0.4) is 0 Å². The third-order valence-corrected chi connectivity index (χ3v) is 2.11. The largest absolute Gasteiger partial charge is 0.481 e. The fourth-order valence-corrected chi connectivity index (χ4v) is 1.38. The van der Waals surface area contributed by atoms with Gasteiger partial charge >= 0.3 is 11.9 Å². The summed E-state index contributed by atoms with van der Waals surface area (Å²) >= 11 is 1.13. The number of carbonyl (C=O) groups is 2. The number of rotatable bonds is 5. The first kappa shape index (κ1) is 10.3. The zero-order chi connectivity index (χ0) is 8.85. The van der Waals surface area contributed by atoms with Gasteiger partial charge in [-0.05, 0) is 5.75 Å². The van der Waals surface area contributed by atoms with Gasteiger partial charge in [-0.15, -0.1) is 11.8 Å². The molecule has 0 aliphatic carbocycles. The van der Waals surface area contributed by atoms with E-state index in [4.69, 9.17) is 10.2 Å². The molecule has 0 aromatic carbocycles. The molecule has 0 saturated heterocycles. The summed E-state index contributed by atoms with van der Waals surface area (Å²) in [4.78, 5) is 20.5. The van der Waals surface area contributed by atoms with E-state index in [-0.39, 0.29) is 6.42 Å². The first-order valence-electron chi connectivity index (χ1n) is 3.14. The molecule has 2 N–H and O–H groups in total. The lowest BCUT2D eigenvalue weighted by Crippen LogP contribution is -2.20. The predicted molar refractivity (Wildman–Crippen MR) is 41.8 cm³/mol. The topological polar surface area (TPSA) is 74.6 Å². The highest BCUT2D eigenvalue weighted by Gasteiger charge is 2.19. The quantitative estimate of drug-likeness (QED) is 0.647. The van der Waals surface area contributed by atoms with Gasteiger partial charge < -0.3 is 10.2 Å². The molecule has 0 aliphatic rings. The van der Waals surface area contributed by atoms with E-state index in [0.717, 1.165) is 11.8 Å². The Bertz CT molecular complexity index is 157. The SMILES string of the molecule is CCSC(CC(=O)O)C(=O)O. The Morgan fingerprint density at radius 2 is 2.00 bits per heavy atom. The summed E-state index contributed by atoms with van der Waals surface area (Å²) in [5.41, 5.74) is 0. The average molecular weight is 178 g/mol. The van der Waals surface area contributed by atoms with Crippen molar-refractivity contribution in [2.24, 2.45) is 0 Å². The minimum absolute atomic E-state index is 0.312. The Kier molecular flexibility index (Phi) is 4.69. The van der Waals surface area contributed by atoms with E-state index in [0.29, 0.717) is 5.75 Å². The van der Waals surface area contributed by atoms with Crippen molar-refractivity contribution in [3.8, 4) is 0 Å². The van der Waals surface area contributed by atoms with Crippen LogP contribution in [0, 0.1) is 0 Å². The minimum atomic E-state index is -1.07. The number of thioether (sulfide) groups is 1. The molecule has 0 rings (SSSR count). The monoisotopic (exact) mass is 178 g/mol. The second kappa shape index (κ2) is 5.01. The minimum Gasteiger partial charge on any atom is -0.481 e. The van der Waals surface area contributed by atoms with Crippen molar-refractivity contribution in [1.82, 2.24) is 0 Å². The van der Waals surface area contributed by atoms with Crippen LogP contribution in [-0.4, -0.2) is 33.2 Å². The lowest BCUT2D eigenvalue weighted by atomic mass is 10.3. The van der Waals surface area contributed by atoms with Crippen LogP contribution in [-0.2, 0) is 9.59 Å². The Balaban J connectivity index is 3.89. The predicted octanol–water partition coefficient (Wildman–Crippen LogP) is 0.667. The van der Waals surface area contributed by atoms with Crippen LogP contribution in [0.5, 0.6) is 0 Å². The molecule has 0 fully saturated rings. The summed E-state index contributed by atoms with van der Waals surface area (Å²) in [6, 6.07) is 0. The van der Waals surface area contributed by atoms with Crippen molar-refractivity contribution < 1.29 is 19.8 Å². The molecule has 0 spiro atoms. The molecule has 11 heavy (non-hydrogen) atoms. The fourth-order valence-electron chi connectivity index (χ4n) is 0.577. The molecule has 0 heterocycles. The van der Waals surface area contributed by atoms with Gasteiger partial charge in [0.2, 0.25) is 0 Å². The average Bonchev–Trinajstić information content (AvgIpc) is 1.86. The molecule has 64 valence electrons. The number of aliphatic carboxylic acids is 2. The maximum Gasteiger partial charge on any atom is 0.317 e. The molecule has 1 unspecified atom stereocenters. The van der Waals surface area contributed by atoms with Crippen LogP contribution >= 0.6 is 11.8 Å². The van der Waals surface area contributed by atoms with E-state index in [2.05, 4.69) is 0 Å². The maximum atomic E-state index is 10.3. The van der Waals surface area contributed by atoms with Crippen LogP contribution in [0.1, 0.15) is 13.3 Å². The van der Waals surface area contributed by atoms with Crippen molar-refractivity contribution in [2.75, 3.05) is 5.75 Å². The van der Waals surface area contributed by atoms with Gasteiger partial charge in [0.15, 0.2) is 0 Å². The second-order valence-electron chi connectivity index (χ2n) is 1.88. The van der Waals surface area contributed by atoms with Crippen molar-refractivity contribution >= 4 is 23.7 Å². The molecule has 0 aliphatic heterocycles. The number of hydrogen-bond acceptors (Lipinski definition) is 3. The van der Waals surface area contributed by atoms with Gasteiger partial charge in [-0.1, -0.05) is 6.92 Å². The molecule has 0 bridgehead atoms. The van der Waals surface area contributed by atoms with Crippen LogP contribution in [0.25, 0.3) is 0 Å². The van der Waals surface area contributed by atoms with E-state index < -0.39 is 17.2 Å². The maximum absolute atomic E-state index is 10.3. The lowest BCUT2D eigenvalue weighted by molar-refractivity contribution is -0.142. The van der Waals surface area contributed by atoms with Gasteiger partial charge in [-0.2, -0.15) is 0 Å². The molecule has 0 aromatic rings. The first-order valence-corrected chi connectivity index (χ1v) is 4.19. The Hall–Kier alpha value is -0.710. The Labute approximate surface area is 68.6 Å². The van der Waals surface area contributed by atoms with Gasteiger partial charge in [0.05, 0.1) is 6.42 Å². The number of carboxylic acids is 2. The molecule has 0 radical (unpaired) electrons. The highest BCUT2D eigenvalue weighted by atomic mass is 32.2. The summed E-state index contributed by atoms with van der Waals surface area (Å²) in [6.07, 6.45) is -0.312. The summed E-state index contributed by atoms with van der Waals surface area (Å²) in [7, 11) is 0. The molecule has 0 saturated carbocycles. The zero-order valence-electron chi connectivity index (χ0n) is 6.11. The van der Waals surface area contributed by atoms with Gasteiger partial charge in [-0.3, -0.25) is 9.59 Å². The third kappa shape index (κ3) is 4.66. The van der Waals surface area contributed by atoms with E-state index in [1.165, 1.54) is 0 Å². The summed E-state index contributed by atoms with van der Waals surface area (Å²) in [5, 5.41) is 15.9. The van der Waals surface area contributed by atoms with E-state index in [1.54, 1.807) is 6.92 Å². The van der Waals surface area contributed by atoms with Gasteiger partial charge in [0.25, 0.3) is 0 Å². The summed E-state index contributed by atoms with van der Waals surface area (Å²) < 4.78 is 0. The van der Waals surface area contributed by atoms with Gasteiger partial charge in [0, 0.05) is 0 Å². The van der Waals surface area contributed by atoms with E-state index in [1.807, 2.05) is 0 Å². The van der Waals surface area contributed by atoms with Crippen LogP contribution in [0.2, 0.25) is 0 Å². The summed E-state index contributed by atoms with van der Waals surface area (Å²) in [5.74, 6) is -1.51. The zero-order valence-corrected chi connectivity index (χ0v) is 6.93. The van der Waals surface area contributed by atoms with E-state index >= 15 is 0 Å². The number of carboxylic acid groups (broad SMARTS) is 2. The van der Waals surface area contributed by atoms with Crippen LogP contribution in [0.4, 0.5) is 0 Å². The Morgan fingerprint density at radius 1 is 1.45 bits per heavy atom. The molecule has 4 nitrogen and oxygen atoms in total. The highest BCUT2D eigenvalue weighted by Crippen LogP contribution is 2.13. The molecule has 0 aromatic heterocycles. The van der Waals surface area contributed by atoms with Crippen molar-refractivity contribution in [3.63, 3.8) is 0 Å². The van der Waals surface area contributed by atoms with Crippen LogP contribution in [0.15, 0.2) is 0 Å². The number of hydrogen-bond donors (Lipinski definition) is 2. The smallest absolute Gasteiger partial charge is 0.317 e. The third-order valence-electron chi connectivity index (χ3n) is 1.00. The molecule has 1 atom stereocenters. The van der Waals surface area contributed by atoms with Crippen molar-refractivity contribution in [3.05, 3.63) is 0 Å². The van der Waals surface area contributed by atoms with Crippen molar-refractivity contribution in [2.45, 2.75) is 18.6 Å². The highest BCUT2D eigenvalue weighted by molar-refractivity contribution is 8.00. The molecular weight excluding hydrogens is 168 g/mol. The molecule has 5 heteroatoms. The lowest BCUT2D eigenvalue weighted by Gasteiger charge is -2.06.